The van der Waals surface area contributed by atoms with Crippen LogP contribution in [0.3, 0.4) is 0 Å². The molecule has 1 saturated carbocycles. The van der Waals surface area contributed by atoms with Crippen molar-refractivity contribution in [3.8, 4) is 0 Å². The Morgan fingerprint density at radius 2 is 2.28 bits per heavy atom. The molecule has 1 amide bonds. The number of halogens is 2. The van der Waals surface area contributed by atoms with Crippen LogP contribution in [0.1, 0.15) is 24.8 Å². The van der Waals surface area contributed by atoms with Crippen molar-refractivity contribution in [2.45, 2.75) is 31.9 Å². The predicted molar refractivity (Wildman–Crippen MR) is 69.3 cm³/mol. The molecule has 0 radical (unpaired) electrons. The molecule has 98 valence electrons. The quantitative estimate of drug-likeness (QED) is 0.899. The fourth-order valence-electron chi connectivity index (χ4n) is 2.24. The van der Waals surface area contributed by atoms with Crippen LogP contribution >= 0.6 is 15.9 Å². The number of carbonyl (C=O) groups is 1. The van der Waals surface area contributed by atoms with Crippen molar-refractivity contribution in [1.29, 1.82) is 0 Å². The first-order chi connectivity index (χ1) is 8.58. The van der Waals surface area contributed by atoms with Gasteiger partial charge in [-0.05, 0) is 43.0 Å². The molecule has 1 aliphatic carbocycles. The van der Waals surface area contributed by atoms with Crippen LogP contribution in [0.25, 0.3) is 0 Å². The van der Waals surface area contributed by atoms with Crippen LogP contribution < -0.4 is 5.32 Å². The highest BCUT2D eigenvalue weighted by molar-refractivity contribution is 9.10. The highest BCUT2D eigenvalue weighted by Crippen LogP contribution is 2.26. The molecule has 0 aromatic heterocycles. The lowest BCUT2D eigenvalue weighted by Gasteiger charge is -2.14. The Morgan fingerprint density at radius 3 is 2.94 bits per heavy atom. The number of nitrogens with one attached hydrogen (secondary N) is 1. The first-order valence-electron chi connectivity index (χ1n) is 5.97. The summed E-state index contributed by atoms with van der Waals surface area (Å²) in [6, 6.07) is 4.35. The Balaban J connectivity index is 1.95. The summed E-state index contributed by atoms with van der Waals surface area (Å²) in [6.45, 7) is 0.264. The Morgan fingerprint density at radius 1 is 1.50 bits per heavy atom. The zero-order valence-corrected chi connectivity index (χ0v) is 11.4. The topological polar surface area (TPSA) is 49.3 Å². The van der Waals surface area contributed by atoms with E-state index in [-0.39, 0.29) is 24.2 Å². The molecular weight excluding hydrogens is 301 g/mol. The van der Waals surface area contributed by atoms with E-state index < -0.39 is 6.10 Å². The van der Waals surface area contributed by atoms with Crippen molar-refractivity contribution in [3.05, 3.63) is 34.1 Å². The average molecular weight is 316 g/mol. The van der Waals surface area contributed by atoms with Crippen molar-refractivity contribution in [1.82, 2.24) is 5.32 Å². The Hall–Kier alpha value is -0.940. The van der Waals surface area contributed by atoms with Crippen LogP contribution in [0.4, 0.5) is 4.39 Å². The third-order valence-corrected chi connectivity index (χ3v) is 4.05. The Labute approximate surface area is 114 Å². The van der Waals surface area contributed by atoms with Gasteiger partial charge in [0.2, 0.25) is 5.91 Å². The van der Waals surface area contributed by atoms with Crippen molar-refractivity contribution in [2.75, 3.05) is 0 Å². The first-order valence-corrected chi connectivity index (χ1v) is 6.77. The third kappa shape index (κ3) is 3.09. The Bertz CT molecular complexity index is 453. The SMILES string of the molecule is O=C(NCc1cc(F)ccc1Br)C1CCCC1O. The molecule has 18 heavy (non-hydrogen) atoms. The number of amides is 1. The summed E-state index contributed by atoms with van der Waals surface area (Å²) in [5.74, 6) is -0.808. The molecule has 3 nitrogen and oxygen atoms in total. The van der Waals surface area contributed by atoms with Gasteiger partial charge in [0, 0.05) is 11.0 Å². The van der Waals surface area contributed by atoms with Crippen LogP contribution in [0.15, 0.2) is 22.7 Å². The van der Waals surface area contributed by atoms with E-state index in [9.17, 15) is 14.3 Å². The summed E-state index contributed by atoms with van der Waals surface area (Å²) in [5.41, 5.74) is 0.691. The molecule has 0 aliphatic heterocycles. The van der Waals surface area contributed by atoms with E-state index in [1.165, 1.54) is 12.1 Å². The number of carbonyl (C=O) groups excluding carboxylic acids is 1. The molecule has 1 aromatic carbocycles. The summed E-state index contributed by atoms with van der Waals surface area (Å²) >= 11 is 3.31. The van der Waals surface area contributed by atoms with Crippen molar-refractivity contribution < 1.29 is 14.3 Å². The molecule has 5 heteroatoms. The fraction of sp³-hybridized carbons (Fsp3) is 0.462. The smallest absolute Gasteiger partial charge is 0.225 e. The summed E-state index contributed by atoms with van der Waals surface area (Å²) in [7, 11) is 0. The molecule has 1 fully saturated rings. The van der Waals surface area contributed by atoms with Crippen LogP contribution in [0, 0.1) is 11.7 Å². The largest absolute Gasteiger partial charge is 0.392 e. The van der Waals surface area contributed by atoms with Gasteiger partial charge in [-0.25, -0.2) is 4.39 Å². The normalized spacial score (nSPS) is 23.1. The molecule has 0 heterocycles. The average Bonchev–Trinajstić information content (AvgIpc) is 2.76. The second kappa shape index (κ2) is 5.80. The maximum Gasteiger partial charge on any atom is 0.225 e. The lowest BCUT2D eigenvalue weighted by molar-refractivity contribution is -0.127. The Kier molecular flexibility index (Phi) is 4.35. The monoisotopic (exact) mass is 315 g/mol. The zero-order valence-electron chi connectivity index (χ0n) is 9.83. The molecular formula is C13H15BrFNO2. The van der Waals surface area contributed by atoms with Gasteiger partial charge in [-0.2, -0.15) is 0 Å². The van der Waals surface area contributed by atoms with Gasteiger partial charge in [0.25, 0.3) is 0 Å². The molecule has 2 unspecified atom stereocenters. The summed E-state index contributed by atoms with van der Waals surface area (Å²) in [6.07, 6.45) is 1.74. The highest BCUT2D eigenvalue weighted by atomic mass is 79.9. The minimum absolute atomic E-state index is 0.156. The number of hydrogen-bond acceptors (Lipinski definition) is 2. The number of benzene rings is 1. The van der Waals surface area contributed by atoms with E-state index >= 15 is 0 Å². The van der Waals surface area contributed by atoms with Crippen LogP contribution in [0.5, 0.6) is 0 Å². The van der Waals surface area contributed by atoms with E-state index in [4.69, 9.17) is 0 Å². The lowest BCUT2D eigenvalue weighted by Crippen LogP contribution is -2.34. The first kappa shape index (κ1) is 13.5. The maximum absolute atomic E-state index is 13.1. The minimum atomic E-state index is -0.541. The number of aliphatic hydroxyl groups excluding tert-OH is 1. The van der Waals surface area contributed by atoms with Crippen molar-refractivity contribution in [2.24, 2.45) is 5.92 Å². The van der Waals surface area contributed by atoms with Gasteiger partial charge >= 0.3 is 0 Å². The number of rotatable bonds is 3. The standard InChI is InChI=1S/C13H15BrFNO2/c14-11-5-4-9(15)6-8(11)7-16-13(18)10-2-1-3-12(10)17/h4-6,10,12,17H,1-3,7H2,(H,16,18). The van der Waals surface area contributed by atoms with E-state index in [2.05, 4.69) is 21.2 Å². The molecule has 0 saturated heterocycles. The van der Waals surface area contributed by atoms with Crippen molar-refractivity contribution in [3.63, 3.8) is 0 Å². The fourth-order valence-corrected chi connectivity index (χ4v) is 2.63. The predicted octanol–water partition coefficient (Wildman–Crippen LogP) is 2.37. The summed E-state index contributed by atoms with van der Waals surface area (Å²) in [5, 5.41) is 12.4. The van der Waals surface area contributed by atoms with Crippen molar-refractivity contribution >= 4 is 21.8 Å². The molecule has 2 N–H and O–H groups in total. The van der Waals surface area contributed by atoms with Crippen LogP contribution in [-0.4, -0.2) is 17.1 Å². The van der Waals surface area contributed by atoms with E-state index in [0.29, 0.717) is 12.0 Å². The van der Waals surface area contributed by atoms with Gasteiger partial charge in [-0.15, -0.1) is 0 Å². The van der Waals surface area contributed by atoms with E-state index in [1.807, 2.05) is 0 Å². The molecule has 0 bridgehead atoms. The highest BCUT2D eigenvalue weighted by Gasteiger charge is 2.31. The summed E-state index contributed by atoms with van der Waals surface area (Å²) in [4.78, 5) is 11.8. The van der Waals surface area contributed by atoms with E-state index in [1.54, 1.807) is 6.07 Å². The number of aliphatic hydroxyl groups is 1. The van der Waals surface area contributed by atoms with Crippen LogP contribution in [0.2, 0.25) is 0 Å². The second-order valence-corrected chi connectivity index (χ2v) is 5.41. The van der Waals surface area contributed by atoms with Gasteiger partial charge in [0.05, 0.1) is 12.0 Å². The third-order valence-electron chi connectivity index (χ3n) is 3.28. The van der Waals surface area contributed by atoms with Gasteiger partial charge < -0.3 is 10.4 Å². The molecule has 2 atom stereocenters. The van der Waals surface area contributed by atoms with Gasteiger partial charge in [-0.3, -0.25) is 4.79 Å². The van der Waals surface area contributed by atoms with Gasteiger partial charge in [-0.1, -0.05) is 15.9 Å². The molecule has 0 spiro atoms. The maximum atomic E-state index is 13.1. The van der Waals surface area contributed by atoms with E-state index in [0.717, 1.165) is 17.3 Å². The second-order valence-electron chi connectivity index (χ2n) is 4.56. The minimum Gasteiger partial charge on any atom is -0.392 e. The lowest BCUT2D eigenvalue weighted by atomic mass is 10.1. The van der Waals surface area contributed by atoms with Crippen LogP contribution in [-0.2, 0) is 11.3 Å². The van der Waals surface area contributed by atoms with Gasteiger partial charge in [0.1, 0.15) is 5.82 Å². The zero-order chi connectivity index (χ0) is 13.1. The van der Waals surface area contributed by atoms with Gasteiger partial charge in [0.15, 0.2) is 0 Å². The molecule has 2 rings (SSSR count). The summed E-state index contributed by atoms with van der Waals surface area (Å²) < 4.78 is 13.8. The molecule has 1 aromatic rings. The molecule has 1 aliphatic rings. The number of hydrogen-bond donors (Lipinski definition) is 2.